The van der Waals surface area contributed by atoms with Gasteiger partial charge in [-0.05, 0) is 31.2 Å². The van der Waals surface area contributed by atoms with Gasteiger partial charge in [0.05, 0.1) is 6.61 Å². The number of esters is 1. The second-order valence-corrected chi connectivity index (χ2v) is 3.28. The minimum absolute atomic E-state index is 0.167. The SMILES string of the molecule is C=CCOc1ccc(NCC(=O)OCC)cc1. The third-order valence-electron chi connectivity index (χ3n) is 1.96. The van der Waals surface area contributed by atoms with Gasteiger partial charge in [0.1, 0.15) is 18.9 Å². The van der Waals surface area contributed by atoms with E-state index >= 15 is 0 Å². The molecule has 0 heterocycles. The van der Waals surface area contributed by atoms with Gasteiger partial charge in [0.25, 0.3) is 0 Å². The van der Waals surface area contributed by atoms with Crippen LogP contribution in [0.4, 0.5) is 5.69 Å². The van der Waals surface area contributed by atoms with Crippen molar-refractivity contribution in [1.82, 2.24) is 0 Å². The van der Waals surface area contributed by atoms with E-state index in [0.717, 1.165) is 11.4 Å². The molecule has 1 aromatic rings. The second kappa shape index (κ2) is 7.33. The molecule has 1 rings (SSSR count). The summed E-state index contributed by atoms with van der Waals surface area (Å²) in [5.74, 6) is 0.506. The van der Waals surface area contributed by atoms with Crippen molar-refractivity contribution in [3.05, 3.63) is 36.9 Å². The van der Waals surface area contributed by atoms with E-state index in [1.807, 2.05) is 24.3 Å². The van der Waals surface area contributed by atoms with Gasteiger partial charge in [0.2, 0.25) is 0 Å². The summed E-state index contributed by atoms with van der Waals surface area (Å²) in [5, 5.41) is 2.96. The molecule has 1 aromatic carbocycles. The normalized spacial score (nSPS) is 9.47. The largest absolute Gasteiger partial charge is 0.490 e. The van der Waals surface area contributed by atoms with Crippen LogP contribution < -0.4 is 10.1 Å². The van der Waals surface area contributed by atoms with Crippen LogP contribution in [0.5, 0.6) is 5.75 Å². The minimum atomic E-state index is -0.264. The van der Waals surface area contributed by atoms with Crippen molar-refractivity contribution in [3.8, 4) is 5.75 Å². The van der Waals surface area contributed by atoms with E-state index < -0.39 is 0 Å². The van der Waals surface area contributed by atoms with Gasteiger partial charge in [-0.25, -0.2) is 0 Å². The molecule has 1 N–H and O–H groups in total. The second-order valence-electron chi connectivity index (χ2n) is 3.28. The Hall–Kier alpha value is -1.97. The number of hydrogen-bond donors (Lipinski definition) is 1. The number of rotatable bonds is 7. The van der Waals surface area contributed by atoms with Crippen molar-refractivity contribution in [3.63, 3.8) is 0 Å². The predicted octanol–water partition coefficient (Wildman–Crippen LogP) is 2.23. The molecule has 0 spiro atoms. The molecular formula is C13H17NO3. The topological polar surface area (TPSA) is 47.6 Å². The van der Waals surface area contributed by atoms with Crippen LogP contribution in [0, 0.1) is 0 Å². The first-order valence-corrected chi connectivity index (χ1v) is 5.49. The van der Waals surface area contributed by atoms with E-state index in [9.17, 15) is 4.79 Å². The first-order chi connectivity index (χ1) is 8.26. The van der Waals surface area contributed by atoms with Crippen molar-refractivity contribution >= 4 is 11.7 Å². The molecule has 0 unspecified atom stereocenters. The molecule has 0 bridgehead atoms. The Morgan fingerprint density at radius 3 is 2.71 bits per heavy atom. The molecule has 92 valence electrons. The van der Waals surface area contributed by atoms with Crippen LogP contribution in [0.2, 0.25) is 0 Å². The van der Waals surface area contributed by atoms with Crippen LogP contribution in [-0.4, -0.2) is 25.7 Å². The quantitative estimate of drug-likeness (QED) is 0.581. The maximum absolute atomic E-state index is 11.1. The Kier molecular flexibility index (Phi) is 5.64. The minimum Gasteiger partial charge on any atom is -0.490 e. The van der Waals surface area contributed by atoms with Gasteiger partial charge in [0.15, 0.2) is 0 Å². The predicted molar refractivity (Wildman–Crippen MR) is 67.3 cm³/mol. The lowest BCUT2D eigenvalue weighted by Crippen LogP contribution is -2.16. The Balaban J connectivity index is 2.39. The first-order valence-electron chi connectivity index (χ1n) is 5.49. The molecular weight excluding hydrogens is 218 g/mol. The standard InChI is InChI=1S/C13H17NO3/c1-3-9-17-12-7-5-11(6-8-12)14-10-13(15)16-4-2/h3,5-8,14H,1,4,9-10H2,2H3. The fraction of sp³-hybridized carbons (Fsp3) is 0.308. The molecule has 4 nitrogen and oxygen atoms in total. The number of anilines is 1. The summed E-state index contributed by atoms with van der Waals surface area (Å²) in [6.45, 7) is 6.40. The van der Waals surface area contributed by atoms with Crippen molar-refractivity contribution in [2.75, 3.05) is 25.1 Å². The number of benzene rings is 1. The van der Waals surface area contributed by atoms with Crippen molar-refractivity contribution in [2.45, 2.75) is 6.92 Å². The Morgan fingerprint density at radius 2 is 2.12 bits per heavy atom. The number of ether oxygens (including phenoxy) is 2. The van der Waals surface area contributed by atoms with E-state index in [1.54, 1.807) is 13.0 Å². The van der Waals surface area contributed by atoms with Gasteiger partial charge in [0, 0.05) is 5.69 Å². The van der Waals surface area contributed by atoms with Crippen LogP contribution >= 0.6 is 0 Å². The van der Waals surface area contributed by atoms with Crippen molar-refractivity contribution in [1.29, 1.82) is 0 Å². The molecule has 0 saturated heterocycles. The highest BCUT2D eigenvalue weighted by Crippen LogP contribution is 2.15. The number of hydrogen-bond acceptors (Lipinski definition) is 4. The highest BCUT2D eigenvalue weighted by molar-refractivity contribution is 5.74. The lowest BCUT2D eigenvalue weighted by atomic mass is 10.3. The first kappa shape index (κ1) is 13.1. The summed E-state index contributed by atoms with van der Waals surface area (Å²) in [7, 11) is 0. The molecule has 0 amide bonds. The van der Waals surface area contributed by atoms with Crippen LogP contribution in [0.1, 0.15) is 6.92 Å². The Bertz CT molecular complexity index is 359. The van der Waals surface area contributed by atoms with Gasteiger partial charge >= 0.3 is 5.97 Å². The molecule has 0 aliphatic rings. The van der Waals surface area contributed by atoms with Crippen molar-refractivity contribution in [2.24, 2.45) is 0 Å². The highest BCUT2D eigenvalue weighted by atomic mass is 16.5. The lowest BCUT2D eigenvalue weighted by molar-refractivity contribution is -0.140. The molecule has 4 heteroatoms. The third-order valence-corrected chi connectivity index (χ3v) is 1.96. The third kappa shape index (κ3) is 5.06. The molecule has 0 atom stereocenters. The fourth-order valence-corrected chi connectivity index (χ4v) is 1.21. The monoisotopic (exact) mass is 235 g/mol. The summed E-state index contributed by atoms with van der Waals surface area (Å²) in [6, 6.07) is 7.35. The van der Waals surface area contributed by atoms with Crippen LogP contribution in [0.15, 0.2) is 36.9 Å². The summed E-state index contributed by atoms with van der Waals surface area (Å²) < 4.78 is 10.1. The van der Waals surface area contributed by atoms with Crippen LogP contribution in [0.3, 0.4) is 0 Å². The number of nitrogens with one attached hydrogen (secondary N) is 1. The van der Waals surface area contributed by atoms with E-state index in [-0.39, 0.29) is 12.5 Å². The number of carbonyl (C=O) groups is 1. The molecule has 0 aliphatic carbocycles. The molecule has 0 aromatic heterocycles. The smallest absolute Gasteiger partial charge is 0.325 e. The lowest BCUT2D eigenvalue weighted by Gasteiger charge is -2.07. The van der Waals surface area contributed by atoms with Crippen molar-refractivity contribution < 1.29 is 14.3 Å². The van der Waals surface area contributed by atoms with E-state index in [0.29, 0.717) is 13.2 Å². The van der Waals surface area contributed by atoms with E-state index in [1.165, 1.54) is 0 Å². The molecule has 17 heavy (non-hydrogen) atoms. The number of carbonyl (C=O) groups excluding carboxylic acids is 1. The zero-order valence-electron chi connectivity index (χ0n) is 9.94. The fourth-order valence-electron chi connectivity index (χ4n) is 1.21. The molecule has 0 radical (unpaired) electrons. The summed E-state index contributed by atoms with van der Waals surface area (Å²) in [4.78, 5) is 11.1. The zero-order chi connectivity index (χ0) is 12.5. The van der Waals surface area contributed by atoms with E-state index in [4.69, 9.17) is 9.47 Å². The molecule has 0 fully saturated rings. The van der Waals surface area contributed by atoms with Crippen LogP contribution in [0.25, 0.3) is 0 Å². The maximum atomic E-state index is 11.1. The average Bonchev–Trinajstić information content (AvgIpc) is 2.35. The summed E-state index contributed by atoms with van der Waals surface area (Å²) in [5.41, 5.74) is 0.851. The zero-order valence-corrected chi connectivity index (χ0v) is 9.94. The Labute approximate surface area is 101 Å². The molecule has 0 saturated carbocycles. The average molecular weight is 235 g/mol. The summed E-state index contributed by atoms with van der Waals surface area (Å²) >= 11 is 0. The van der Waals surface area contributed by atoms with E-state index in [2.05, 4.69) is 11.9 Å². The Morgan fingerprint density at radius 1 is 1.41 bits per heavy atom. The van der Waals surface area contributed by atoms with Crippen LogP contribution in [-0.2, 0) is 9.53 Å². The highest BCUT2D eigenvalue weighted by Gasteiger charge is 2.00. The van der Waals surface area contributed by atoms with Gasteiger partial charge in [-0.15, -0.1) is 0 Å². The molecule has 0 aliphatic heterocycles. The van der Waals surface area contributed by atoms with Gasteiger partial charge < -0.3 is 14.8 Å². The van der Waals surface area contributed by atoms with Gasteiger partial charge in [-0.2, -0.15) is 0 Å². The maximum Gasteiger partial charge on any atom is 0.325 e. The van der Waals surface area contributed by atoms with Gasteiger partial charge in [-0.3, -0.25) is 4.79 Å². The van der Waals surface area contributed by atoms with Gasteiger partial charge in [-0.1, -0.05) is 12.7 Å². The summed E-state index contributed by atoms with van der Waals surface area (Å²) in [6.07, 6.45) is 1.69.